The number of anilines is 2. The van der Waals surface area contributed by atoms with Gasteiger partial charge in [0, 0.05) is 19.3 Å². The normalized spacial score (nSPS) is 16.4. The average molecular weight is 290 g/mol. The summed E-state index contributed by atoms with van der Waals surface area (Å²) < 4.78 is 1.86. The van der Waals surface area contributed by atoms with Gasteiger partial charge in [-0.1, -0.05) is 0 Å². The van der Waals surface area contributed by atoms with Crippen molar-refractivity contribution in [2.24, 2.45) is 0 Å². The molecule has 0 amide bonds. The van der Waals surface area contributed by atoms with Gasteiger partial charge in [-0.25, -0.2) is 4.98 Å². The van der Waals surface area contributed by atoms with Gasteiger partial charge < -0.3 is 20.8 Å². The van der Waals surface area contributed by atoms with Gasteiger partial charge in [0.1, 0.15) is 11.9 Å². The first-order valence-electron chi connectivity index (χ1n) is 6.86. The molecule has 2 aromatic rings. The summed E-state index contributed by atoms with van der Waals surface area (Å²) in [5, 5.41) is 23.1. The highest BCUT2D eigenvalue weighted by atomic mass is 16.3. The van der Waals surface area contributed by atoms with E-state index < -0.39 is 6.10 Å². The molecule has 0 radical (unpaired) electrons. The van der Waals surface area contributed by atoms with Gasteiger partial charge in [0.05, 0.1) is 24.5 Å². The van der Waals surface area contributed by atoms with E-state index in [1.165, 1.54) is 0 Å². The van der Waals surface area contributed by atoms with Gasteiger partial charge in [0.15, 0.2) is 0 Å². The van der Waals surface area contributed by atoms with Gasteiger partial charge in [-0.05, 0) is 18.6 Å². The topological polar surface area (TPSA) is 113 Å². The first-order valence-corrected chi connectivity index (χ1v) is 6.86. The third kappa shape index (κ3) is 2.81. The fourth-order valence-electron chi connectivity index (χ4n) is 2.43. The molecule has 0 saturated carbocycles. The smallest absolute Gasteiger partial charge is 0.227 e. The molecule has 0 aromatic carbocycles. The standard InChI is InChI=1S/C13H18N6O2/c14-12-2-3-15-13(16-12)18-4-1-5-19-9(7-18)6-10(17-19)11(21)8-20/h2-3,6,11,20-21H,1,4-5,7-8H2,(H2,14,15,16)/t11-/m0/s1. The number of rotatable bonds is 3. The first-order chi connectivity index (χ1) is 10.2. The highest BCUT2D eigenvalue weighted by Gasteiger charge is 2.20. The molecule has 21 heavy (non-hydrogen) atoms. The third-order valence-corrected chi connectivity index (χ3v) is 3.49. The van der Waals surface area contributed by atoms with Gasteiger partial charge in [-0.3, -0.25) is 4.68 Å². The number of nitrogens with zero attached hydrogens (tertiary/aromatic N) is 5. The summed E-state index contributed by atoms with van der Waals surface area (Å²) in [5.41, 5.74) is 7.15. The number of nitrogen functional groups attached to an aromatic ring is 1. The number of hydrogen-bond donors (Lipinski definition) is 3. The SMILES string of the molecule is Nc1ccnc(N2CCCn3nc([C@@H](O)CO)cc3C2)n1. The summed E-state index contributed by atoms with van der Waals surface area (Å²) in [6.07, 6.45) is 1.59. The zero-order valence-electron chi connectivity index (χ0n) is 11.6. The minimum absolute atomic E-state index is 0.335. The van der Waals surface area contributed by atoms with Crippen molar-refractivity contribution in [3.8, 4) is 0 Å². The molecule has 112 valence electrons. The Morgan fingerprint density at radius 3 is 3.00 bits per heavy atom. The summed E-state index contributed by atoms with van der Waals surface area (Å²) in [4.78, 5) is 10.5. The molecule has 0 saturated heterocycles. The number of aryl methyl sites for hydroxylation is 1. The molecule has 0 bridgehead atoms. The van der Waals surface area contributed by atoms with E-state index in [0.717, 1.165) is 25.2 Å². The molecule has 0 spiro atoms. The van der Waals surface area contributed by atoms with Crippen molar-refractivity contribution in [3.63, 3.8) is 0 Å². The predicted octanol–water partition coefficient (Wildman–Crippen LogP) is -0.309. The molecule has 4 N–H and O–H groups in total. The van der Waals surface area contributed by atoms with E-state index in [4.69, 9.17) is 10.8 Å². The van der Waals surface area contributed by atoms with Crippen molar-refractivity contribution < 1.29 is 10.2 Å². The third-order valence-electron chi connectivity index (χ3n) is 3.49. The zero-order valence-corrected chi connectivity index (χ0v) is 11.6. The second kappa shape index (κ2) is 5.66. The Bertz CT molecular complexity index is 629. The van der Waals surface area contributed by atoms with Crippen LogP contribution in [0.2, 0.25) is 0 Å². The van der Waals surface area contributed by atoms with Crippen molar-refractivity contribution in [3.05, 3.63) is 29.7 Å². The van der Waals surface area contributed by atoms with E-state index >= 15 is 0 Å². The van der Waals surface area contributed by atoms with Crippen LogP contribution in [0.5, 0.6) is 0 Å². The predicted molar refractivity (Wildman–Crippen MR) is 76.4 cm³/mol. The van der Waals surface area contributed by atoms with Gasteiger partial charge in [-0.2, -0.15) is 10.1 Å². The van der Waals surface area contributed by atoms with Gasteiger partial charge in [0.2, 0.25) is 5.95 Å². The van der Waals surface area contributed by atoms with Crippen LogP contribution in [0.1, 0.15) is 23.9 Å². The van der Waals surface area contributed by atoms with Crippen LogP contribution in [0, 0.1) is 0 Å². The molecule has 3 rings (SSSR count). The zero-order chi connectivity index (χ0) is 14.8. The fourth-order valence-corrected chi connectivity index (χ4v) is 2.43. The highest BCUT2D eigenvalue weighted by molar-refractivity contribution is 5.38. The summed E-state index contributed by atoms with van der Waals surface area (Å²) in [7, 11) is 0. The number of aromatic nitrogens is 4. The Morgan fingerprint density at radius 1 is 1.38 bits per heavy atom. The highest BCUT2D eigenvalue weighted by Crippen LogP contribution is 2.20. The lowest BCUT2D eigenvalue weighted by atomic mass is 10.2. The largest absolute Gasteiger partial charge is 0.393 e. The van der Waals surface area contributed by atoms with Crippen LogP contribution >= 0.6 is 0 Å². The van der Waals surface area contributed by atoms with Crippen molar-refractivity contribution in [1.82, 2.24) is 19.7 Å². The van der Waals surface area contributed by atoms with Crippen molar-refractivity contribution >= 4 is 11.8 Å². The summed E-state index contributed by atoms with van der Waals surface area (Å²) in [6, 6.07) is 3.47. The van der Waals surface area contributed by atoms with Gasteiger partial charge in [0.25, 0.3) is 0 Å². The van der Waals surface area contributed by atoms with Crippen molar-refractivity contribution in [2.45, 2.75) is 25.6 Å². The first kappa shape index (κ1) is 13.8. The summed E-state index contributed by atoms with van der Waals surface area (Å²) in [5.74, 6) is 1.03. The molecule has 2 aromatic heterocycles. The Hall–Kier alpha value is -2.19. The summed E-state index contributed by atoms with van der Waals surface area (Å²) >= 11 is 0. The number of aliphatic hydroxyl groups is 2. The van der Waals surface area contributed by atoms with Crippen LogP contribution < -0.4 is 10.6 Å². The van der Waals surface area contributed by atoms with Gasteiger partial charge >= 0.3 is 0 Å². The number of hydrogen-bond acceptors (Lipinski definition) is 7. The molecular weight excluding hydrogens is 272 g/mol. The second-order valence-corrected chi connectivity index (χ2v) is 5.04. The maximum absolute atomic E-state index is 9.69. The Balaban J connectivity index is 1.86. The lowest BCUT2D eigenvalue weighted by molar-refractivity contribution is 0.0916. The quantitative estimate of drug-likeness (QED) is 0.710. The average Bonchev–Trinajstić information content (AvgIpc) is 2.78. The van der Waals surface area contributed by atoms with Crippen LogP contribution in [0.25, 0.3) is 0 Å². The molecule has 8 heteroatoms. The van der Waals surface area contributed by atoms with E-state index in [9.17, 15) is 5.11 Å². The Labute approximate surface area is 121 Å². The van der Waals surface area contributed by atoms with E-state index in [2.05, 4.69) is 15.1 Å². The van der Waals surface area contributed by atoms with E-state index in [1.807, 2.05) is 15.6 Å². The maximum Gasteiger partial charge on any atom is 0.227 e. The van der Waals surface area contributed by atoms with Crippen molar-refractivity contribution in [1.29, 1.82) is 0 Å². The van der Waals surface area contributed by atoms with Crippen LogP contribution in [-0.2, 0) is 13.1 Å². The molecule has 3 heterocycles. The number of fused-ring (bicyclic) bond motifs is 1. The van der Waals surface area contributed by atoms with E-state index in [-0.39, 0.29) is 6.61 Å². The summed E-state index contributed by atoms with van der Waals surface area (Å²) in [6.45, 7) is 1.82. The van der Waals surface area contributed by atoms with E-state index in [0.29, 0.717) is 24.0 Å². The monoisotopic (exact) mass is 290 g/mol. The lowest BCUT2D eigenvalue weighted by Gasteiger charge is -2.19. The second-order valence-electron chi connectivity index (χ2n) is 5.04. The fraction of sp³-hybridized carbons (Fsp3) is 0.462. The van der Waals surface area contributed by atoms with E-state index in [1.54, 1.807) is 12.3 Å². The lowest BCUT2D eigenvalue weighted by Crippen LogP contribution is -2.24. The van der Waals surface area contributed by atoms with Crippen LogP contribution in [0.3, 0.4) is 0 Å². The number of nitrogens with two attached hydrogens (primary N) is 1. The molecule has 8 nitrogen and oxygen atoms in total. The minimum atomic E-state index is -0.943. The maximum atomic E-state index is 9.69. The number of aliphatic hydroxyl groups excluding tert-OH is 2. The Morgan fingerprint density at radius 2 is 2.24 bits per heavy atom. The molecule has 0 unspecified atom stereocenters. The molecule has 1 atom stereocenters. The molecule has 1 aliphatic rings. The van der Waals surface area contributed by atoms with Gasteiger partial charge in [-0.15, -0.1) is 0 Å². The molecular formula is C13H18N6O2. The van der Waals surface area contributed by atoms with Crippen molar-refractivity contribution in [2.75, 3.05) is 23.8 Å². The van der Waals surface area contributed by atoms with Crippen LogP contribution in [0.4, 0.5) is 11.8 Å². The molecule has 0 aliphatic carbocycles. The Kier molecular flexibility index (Phi) is 3.72. The molecule has 1 aliphatic heterocycles. The minimum Gasteiger partial charge on any atom is -0.393 e. The van der Waals surface area contributed by atoms with Crippen LogP contribution in [-0.4, -0.2) is 43.1 Å². The molecule has 0 fully saturated rings. The van der Waals surface area contributed by atoms with Crippen LogP contribution in [0.15, 0.2) is 18.3 Å².